The summed E-state index contributed by atoms with van der Waals surface area (Å²) in [5.74, 6) is -0.0247. The first-order chi connectivity index (χ1) is 13.3. The third kappa shape index (κ3) is 4.43. The fourth-order valence-electron chi connectivity index (χ4n) is 3.11. The molecule has 1 aliphatic heterocycles. The summed E-state index contributed by atoms with van der Waals surface area (Å²) >= 11 is 0. The number of nitrogen functional groups attached to an aromatic ring is 1. The maximum absolute atomic E-state index is 12.5. The van der Waals surface area contributed by atoms with E-state index >= 15 is 0 Å². The largest absolute Gasteiger partial charge is 0.492 e. The van der Waals surface area contributed by atoms with Crippen LogP contribution in [-0.4, -0.2) is 42.7 Å². The van der Waals surface area contributed by atoms with Crippen molar-refractivity contribution in [2.45, 2.75) is 26.4 Å². The fourth-order valence-corrected chi connectivity index (χ4v) is 3.11. The van der Waals surface area contributed by atoms with Gasteiger partial charge in [0.25, 0.3) is 11.8 Å². The number of nitrogens with two attached hydrogens (primary N) is 1. The van der Waals surface area contributed by atoms with Crippen molar-refractivity contribution in [2.24, 2.45) is 0 Å². The summed E-state index contributed by atoms with van der Waals surface area (Å²) in [5.41, 5.74) is 10.1. The Kier molecular flexibility index (Phi) is 5.84. The molecule has 1 unspecified atom stereocenters. The topological polar surface area (TPSA) is 114 Å². The summed E-state index contributed by atoms with van der Waals surface area (Å²) in [6, 6.07) is 8.82. The minimum Gasteiger partial charge on any atom is -0.492 e. The van der Waals surface area contributed by atoms with Gasteiger partial charge in [0.1, 0.15) is 5.75 Å². The van der Waals surface area contributed by atoms with Gasteiger partial charge in [-0.05, 0) is 48.7 Å². The molecule has 0 fully saturated rings. The molecule has 0 bridgehead atoms. The monoisotopic (exact) mass is 383 g/mol. The quantitative estimate of drug-likeness (QED) is 0.562. The molecule has 0 saturated heterocycles. The summed E-state index contributed by atoms with van der Waals surface area (Å²) in [6.07, 6.45) is -0.135. The van der Waals surface area contributed by atoms with Crippen LogP contribution in [0.1, 0.15) is 37.4 Å². The van der Waals surface area contributed by atoms with Crippen molar-refractivity contribution in [1.29, 1.82) is 0 Å². The number of hydrogen-bond donors (Lipinski definition) is 4. The molecule has 1 aliphatic rings. The second-order valence-corrected chi connectivity index (χ2v) is 7.04. The van der Waals surface area contributed by atoms with Crippen molar-refractivity contribution >= 4 is 17.5 Å². The van der Waals surface area contributed by atoms with Crippen molar-refractivity contribution in [1.82, 2.24) is 10.6 Å². The molecule has 0 saturated carbocycles. The number of rotatable bonds is 6. The molecule has 2 aromatic carbocycles. The Bertz CT molecular complexity index is 911. The zero-order valence-corrected chi connectivity index (χ0v) is 16.0. The van der Waals surface area contributed by atoms with Crippen molar-refractivity contribution in [3.63, 3.8) is 0 Å². The predicted molar refractivity (Wildman–Crippen MR) is 107 cm³/mol. The molecule has 0 spiro atoms. The number of benzene rings is 2. The Morgan fingerprint density at radius 2 is 1.86 bits per heavy atom. The van der Waals surface area contributed by atoms with Gasteiger partial charge in [0.2, 0.25) is 0 Å². The minimum atomic E-state index is -0.922. The Hall–Kier alpha value is -3.06. The molecule has 1 heterocycles. The first kappa shape index (κ1) is 19.7. The fraction of sp³-hybridized carbons (Fsp3) is 0.333. The first-order valence-electron chi connectivity index (χ1n) is 9.22. The van der Waals surface area contributed by atoms with Crippen LogP contribution in [0.3, 0.4) is 0 Å². The van der Waals surface area contributed by atoms with E-state index in [1.165, 1.54) is 0 Å². The van der Waals surface area contributed by atoms with Crippen LogP contribution in [0.4, 0.5) is 5.69 Å². The number of aliphatic hydroxyl groups is 1. The van der Waals surface area contributed by atoms with Crippen molar-refractivity contribution in [3.05, 3.63) is 58.1 Å². The maximum atomic E-state index is 12.5. The molecular weight excluding hydrogens is 358 g/mol. The lowest BCUT2D eigenvalue weighted by atomic mass is 10.0. The first-order valence-corrected chi connectivity index (χ1v) is 9.22. The van der Waals surface area contributed by atoms with Gasteiger partial charge in [-0.2, -0.15) is 0 Å². The van der Waals surface area contributed by atoms with Crippen LogP contribution in [0.2, 0.25) is 0 Å². The molecule has 7 heteroatoms. The molecule has 28 heavy (non-hydrogen) atoms. The number of nitrogens with one attached hydrogen (secondary N) is 2. The second-order valence-electron chi connectivity index (χ2n) is 7.04. The van der Waals surface area contributed by atoms with E-state index in [1.54, 1.807) is 24.3 Å². The normalized spacial score (nSPS) is 13.4. The number of aliphatic hydroxyl groups excluding tert-OH is 1. The number of carbonyl (C=O) groups excluding carboxylic acids is 2. The summed E-state index contributed by atoms with van der Waals surface area (Å²) < 4.78 is 5.57. The van der Waals surface area contributed by atoms with Gasteiger partial charge >= 0.3 is 0 Å². The van der Waals surface area contributed by atoms with Crippen molar-refractivity contribution < 1.29 is 19.4 Å². The third-order valence-corrected chi connectivity index (χ3v) is 4.71. The van der Waals surface area contributed by atoms with E-state index in [0.29, 0.717) is 29.2 Å². The lowest BCUT2D eigenvalue weighted by molar-refractivity contribution is 0.0883. The molecule has 1 atom stereocenters. The lowest BCUT2D eigenvalue weighted by Gasteiger charge is -2.15. The highest BCUT2D eigenvalue weighted by Gasteiger charge is 2.22. The van der Waals surface area contributed by atoms with Gasteiger partial charge < -0.3 is 26.2 Å². The van der Waals surface area contributed by atoms with Crippen LogP contribution < -0.4 is 21.1 Å². The second kappa shape index (κ2) is 8.31. The highest BCUT2D eigenvalue weighted by Crippen LogP contribution is 2.30. The number of aryl methyl sites for hydroxylation is 2. The standard InChI is InChI=1S/C21H25N3O4/c1-12-7-14-5-6-28-19(14)17(8-12)21(27)24-11-16(25)10-23-20(26)15-4-3-13(2)18(22)9-15/h3-4,7-9,16,25H,5-6,10-11,22H2,1-2H3,(H,23,26)(H,24,27). The highest BCUT2D eigenvalue weighted by atomic mass is 16.5. The van der Waals surface area contributed by atoms with Gasteiger partial charge in [-0.1, -0.05) is 12.1 Å². The van der Waals surface area contributed by atoms with Gasteiger partial charge in [-0.15, -0.1) is 0 Å². The van der Waals surface area contributed by atoms with E-state index < -0.39 is 6.10 Å². The summed E-state index contributed by atoms with van der Waals surface area (Å²) in [7, 11) is 0. The van der Waals surface area contributed by atoms with E-state index in [4.69, 9.17) is 10.5 Å². The highest BCUT2D eigenvalue weighted by molar-refractivity contribution is 5.98. The van der Waals surface area contributed by atoms with Gasteiger partial charge in [0, 0.05) is 30.8 Å². The predicted octanol–water partition coefficient (Wildman–Crippen LogP) is 1.34. The number of fused-ring (bicyclic) bond motifs is 1. The molecule has 148 valence electrons. The van der Waals surface area contributed by atoms with Crippen LogP contribution >= 0.6 is 0 Å². The molecule has 5 N–H and O–H groups in total. The van der Waals surface area contributed by atoms with Gasteiger partial charge in [0.15, 0.2) is 0 Å². The van der Waals surface area contributed by atoms with Gasteiger partial charge in [-0.25, -0.2) is 0 Å². The number of anilines is 1. The lowest BCUT2D eigenvalue weighted by Crippen LogP contribution is -2.40. The molecule has 0 aromatic heterocycles. The average Bonchev–Trinajstić information content (AvgIpc) is 3.13. The van der Waals surface area contributed by atoms with E-state index in [9.17, 15) is 14.7 Å². The maximum Gasteiger partial charge on any atom is 0.255 e. The van der Waals surface area contributed by atoms with E-state index in [0.717, 1.165) is 23.1 Å². The number of amides is 2. The number of hydrogen-bond acceptors (Lipinski definition) is 5. The van der Waals surface area contributed by atoms with Crippen molar-refractivity contribution in [2.75, 3.05) is 25.4 Å². The van der Waals surface area contributed by atoms with Crippen LogP contribution in [0, 0.1) is 13.8 Å². The SMILES string of the molecule is Cc1cc2c(c(C(=O)NCC(O)CNC(=O)c3ccc(C)c(N)c3)c1)OCC2. The van der Waals surface area contributed by atoms with Crippen LogP contribution in [0.15, 0.2) is 30.3 Å². The molecule has 0 aliphatic carbocycles. The molecule has 2 amide bonds. The average molecular weight is 383 g/mol. The van der Waals surface area contributed by atoms with E-state index in [1.807, 2.05) is 19.9 Å². The summed E-state index contributed by atoms with van der Waals surface area (Å²) in [5, 5.41) is 15.4. The smallest absolute Gasteiger partial charge is 0.255 e. The summed E-state index contributed by atoms with van der Waals surface area (Å²) in [4.78, 5) is 24.6. The number of ether oxygens (including phenoxy) is 1. The van der Waals surface area contributed by atoms with Gasteiger partial charge in [-0.3, -0.25) is 9.59 Å². The Morgan fingerprint density at radius 1 is 1.14 bits per heavy atom. The molecular formula is C21H25N3O4. The Labute approximate surface area is 163 Å². The zero-order chi connectivity index (χ0) is 20.3. The molecule has 3 rings (SSSR count). The third-order valence-electron chi connectivity index (χ3n) is 4.71. The number of carbonyl (C=O) groups is 2. The molecule has 0 radical (unpaired) electrons. The van der Waals surface area contributed by atoms with E-state index in [2.05, 4.69) is 10.6 Å². The Balaban J connectivity index is 1.52. The van der Waals surface area contributed by atoms with Crippen LogP contribution in [-0.2, 0) is 6.42 Å². The Morgan fingerprint density at radius 3 is 2.57 bits per heavy atom. The summed E-state index contributed by atoms with van der Waals surface area (Å²) in [6.45, 7) is 4.38. The molecule has 7 nitrogen and oxygen atoms in total. The molecule has 2 aromatic rings. The minimum absolute atomic E-state index is 0.00925. The zero-order valence-electron chi connectivity index (χ0n) is 16.0. The van der Waals surface area contributed by atoms with Crippen molar-refractivity contribution in [3.8, 4) is 5.75 Å². The van der Waals surface area contributed by atoms with E-state index in [-0.39, 0.29) is 24.9 Å². The van der Waals surface area contributed by atoms with Crippen LogP contribution in [0.5, 0.6) is 5.75 Å². The van der Waals surface area contributed by atoms with Gasteiger partial charge in [0.05, 0.1) is 18.3 Å². The van der Waals surface area contributed by atoms with Crippen LogP contribution in [0.25, 0.3) is 0 Å².